The van der Waals surface area contributed by atoms with E-state index in [1.54, 1.807) is 0 Å². The lowest BCUT2D eigenvalue weighted by Gasteiger charge is -2.09. The quantitative estimate of drug-likeness (QED) is 0.406. The van der Waals surface area contributed by atoms with Crippen molar-refractivity contribution in [3.63, 3.8) is 0 Å². The van der Waals surface area contributed by atoms with Gasteiger partial charge in [-0.2, -0.15) is 0 Å². The van der Waals surface area contributed by atoms with Gasteiger partial charge in [0, 0.05) is 13.2 Å². The highest BCUT2D eigenvalue weighted by molar-refractivity contribution is 5.86. The van der Waals surface area contributed by atoms with E-state index in [-0.39, 0.29) is 6.54 Å². The average molecular weight is 289 g/mol. The van der Waals surface area contributed by atoms with Gasteiger partial charge in [-0.25, -0.2) is 4.79 Å². The van der Waals surface area contributed by atoms with Crippen LogP contribution in [0.4, 0.5) is 4.79 Å². The number of carbonyl (C=O) groups excluding carboxylic acids is 2. The summed E-state index contributed by atoms with van der Waals surface area (Å²) >= 11 is 0. The van der Waals surface area contributed by atoms with Crippen LogP contribution < -0.4 is 16.0 Å². The lowest BCUT2D eigenvalue weighted by Crippen LogP contribution is -2.43. The molecule has 3 amide bonds. The Hall–Kier alpha value is -1.83. The van der Waals surface area contributed by atoms with Gasteiger partial charge < -0.3 is 25.8 Å². The van der Waals surface area contributed by atoms with E-state index in [2.05, 4.69) is 29.8 Å². The minimum Gasteiger partial charge on any atom is -0.480 e. The monoisotopic (exact) mass is 289 g/mol. The van der Waals surface area contributed by atoms with Crippen molar-refractivity contribution in [2.24, 2.45) is 5.92 Å². The first-order chi connectivity index (χ1) is 9.41. The number of hydrogen-bond acceptors (Lipinski definition) is 4. The van der Waals surface area contributed by atoms with Crippen molar-refractivity contribution in [3.8, 4) is 0 Å². The maximum absolute atomic E-state index is 11.3. The predicted molar refractivity (Wildman–Crippen MR) is 72.3 cm³/mol. The Morgan fingerprint density at radius 3 is 2.35 bits per heavy atom. The van der Waals surface area contributed by atoms with Gasteiger partial charge in [0.05, 0.1) is 13.2 Å². The predicted octanol–water partition coefficient (Wildman–Crippen LogP) is -0.451. The van der Waals surface area contributed by atoms with E-state index in [4.69, 9.17) is 9.84 Å². The minimum absolute atomic E-state index is 0.271. The molecule has 0 atom stereocenters. The number of hydrogen-bond donors (Lipinski definition) is 4. The second-order valence-corrected chi connectivity index (χ2v) is 4.57. The van der Waals surface area contributed by atoms with Gasteiger partial charge in [-0.3, -0.25) is 9.59 Å². The van der Waals surface area contributed by atoms with Crippen LogP contribution in [0, 0.1) is 5.92 Å². The number of carbonyl (C=O) groups is 3. The number of urea groups is 1. The van der Waals surface area contributed by atoms with Crippen LogP contribution in [0.15, 0.2) is 0 Å². The summed E-state index contributed by atoms with van der Waals surface area (Å²) in [7, 11) is 0. The molecule has 0 fully saturated rings. The zero-order chi connectivity index (χ0) is 15.4. The van der Waals surface area contributed by atoms with Crippen LogP contribution >= 0.6 is 0 Å². The summed E-state index contributed by atoms with van der Waals surface area (Å²) in [5, 5.41) is 15.3. The lowest BCUT2D eigenvalue weighted by atomic mass is 10.1. The lowest BCUT2D eigenvalue weighted by molar-refractivity contribution is -0.137. The largest absolute Gasteiger partial charge is 0.480 e. The maximum atomic E-state index is 11.3. The van der Waals surface area contributed by atoms with Crippen LogP contribution in [-0.2, 0) is 14.3 Å². The van der Waals surface area contributed by atoms with E-state index in [1.807, 2.05) is 0 Å². The number of rotatable bonds is 10. The Bertz CT molecular complexity index is 320. The van der Waals surface area contributed by atoms with Crippen molar-refractivity contribution in [2.75, 3.05) is 32.8 Å². The third kappa shape index (κ3) is 12.6. The van der Waals surface area contributed by atoms with Crippen LogP contribution in [-0.4, -0.2) is 55.9 Å². The van der Waals surface area contributed by atoms with Crippen molar-refractivity contribution in [1.82, 2.24) is 16.0 Å². The van der Waals surface area contributed by atoms with Crippen LogP contribution in [0.1, 0.15) is 20.3 Å². The van der Waals surface area contributed by atoms with E-state index in [0.29, 0.717) is 25.7 Å². The molecule has 0 spiro atoms. The summed E-state index contributed by atoms with van der Waals surface area (Å²) in [6.45, 7) is 4.87. The molecule has 0 aliphatic rings. The zero-order valence-electron chi connectivity index (χ0n) is 11.9. The molecule has 116 valence electrons. The fourth-order valence-electron chi connectivity index (χ4n) is 1.12. The standard InChI is InChI=1S/C12H23N3O5/c1-9(2)3-5-20-6-4-13-12(19)15-7-10(16)14-8-11(17)18/h9H,3-8H2,1-2H3,(H,14,16)(H,17,18)(H2,13,15,19). The zero-order valence-corrected chi connectivity index (χ0v) is 11.9. The van der Waals surface area contributed by atoms with E-state index >= 15 is 0 Å². The second-order valence-electron chi connectivity index (χ2n) is 4.57. The van der Waals surface area contributed by atoms with Crippen molar-refractivity contribution in [3.05, 3.63) is 0 Å². The molecular formula is C12H23N3O5. The van der Waals surface area contributed by atoms with E-state index in [0.717, 1.165) is 6.42 Å². The number of carboxylic acid groups (broad SMARTS) is 1. The highest BCUT2D eigenvalue weighted by Gasteiger charge is 2.05. The Morgan fingerprint density at radius 2 is 1.75 bits per heavy atom. The number of aliphatic carboxylic acids is 1. The highest BCUT2D eigenvalue weighted by atomic mass is 16.5. The molecule has 0 heterocycles. The van der Waals surface area contributed by atoms with Gasteiger partial charge in [-0.1, -0.05) is 13.8 Å². The van der Waals surface area contributed by atoms with E-state index < -0.39 is 24.5 Å². The van der Waals surface area contributed by atoms with Gasteiger partial charge in [0.15, 0.2) is 0 Å². The van der Waals surface area contributed by atoms with Gasteiger partial charge in [-0.15, -0.1) is 0 Å². The molecule has 0 unspecified atom stereocenters. The number of ether oxygens (including phenoxy) is 1. The average Bonchev–Trinajstić information content (AvgIpc) is 2.37. The molecule has 0 aliphatic carbocycles. The van der Waals surface area contributed by atoms with Crippen LogP contribution in [0.25, 0.3) is 0 Å². The maximum Gasteiger partial charge on any atom is 0.322 e. The van der Waals surface area contributed by atoms with E-state index in [9.17, 15) is 14.4 Å². The molecule has 0 aromatic carbocycles. The first-order valence-electron chi connectivity index (χ1n) is 6.49. The second kappa shape index (κ2) is 11.0. The molecule has 0 saturated carbocycles. The molecule has 0 radical (unpaired) electrons. The fraction of sp³-hybridized carbons (Fsp3) is 0.750. The molecule has 0 bridgehead atoms. The van der Waals surface area contributed by atoms with Gasteiger partial charge in [0.1, 0.15) is 6.54 Å². The van der Waals surface area contributed by atoms with Crippen molar-refractivity contribution in [1.29, 1.82) is 0 Å². The van der Waals surface area contributed by atoms with E-state index in [1.165, 1.54) is 0 Å². The molecular weight excluding hydrogens is 266 g/mol. The number of nitrogens with one attached hydrogen (secondary N) is 3. The fourth-order valence-corrected chi connectivity index (χ4v) is 1.12. The topological polar surface area (TPSA) is 117 Å². The first-order valence-corrected chi connectivity index (χ1v) is 6.49. The van der Waals surface area contributed by atoms with Gasteiger partial charge in [0.2, 0.25) is 5.91 Å². The Labute approximate surface area is 118 Å². The van der Waals surface area contributed by atoms with Gasteiger partial charge >= 0.3 is 12.0 Å². The Balaban J connectivity index is 3.45. The van der Waals surface area contributed by atoms with Gasteiger partial charge in [-0.05, 0) is 12.3 Å². The minimum atomic E-state index is -1.14. The molecule has 0 aromatic rings. The van der Waals surface area contributed by atoms with Crippen LogP contribution in [0.2, 0.25) is 0 Å². The highest BCUT2D eigenvalue weighted by Crippen LogP contribution is 1.98. The van der Waals surface area contributed by atoms with Crippen molar-refractivity contribution >= 4 is 17.9 Å². The molecule has 0 rings (SSSR count). The molecule has 0 aromatic heterocycles. The summed E-state index contributed by atoms with van der Waals surface area (Å²) in [5.41, 5.74) is 0. The molecule has 20 heavy (non-hydrogen) atoms. The summed E-state index contributed by atoms with van der Waals surface area (Å²) in [6, 6.07) is -0.497. The molecule has 4 N–H and O–H groups in total. The van der Waals surface area contributed by atoms with Crippen molar-refractivity contribution in [2.45, 2.75) is 20.3 Å². The third-order valence-corrected chi connectivity index (χ3v) is 2.22. The number of amides is 3. The molecule has 8 nitrogen and oxygen atoms in total. The Morgan fingerprint density at radius 1 is 1.05 bits per heavy atom. The third-order valence-electron chi connectivity index (χ3n) is 2.22. The summed E-state index contributed by atoms with van der Waals surface area (Å²) < 4.78 is 5.30. The van der Waals surface area contributed by atoms with Crippen molar-refractivity contribution < 1.29 is 24.2 Å². The number of carboxylic acids is 1. The molecule has 0 saturated heterocycles. The van der Waals surface area contributed by atoms with Crippen LogP contribution in [0.5, 0.6) is 0 Å². The normalized spacial score (nSPS) is 10.2. The molecule has 0 aliphatic heterocycles. The van der Waals surface area contributed by atoms with Gasteiger partial charge in [0.25, 0.3) is 0 Å². The smallest absolute Gasteiger partial charge is 0.322 e. The first kappa shape index (κ1) is 18.2. The van der Waals surface area contributed by atoms with Crippen LogP contribution in [0.3, 0.4) is 0 Å². The summed E-state index contributed by atoms with van der Waals surface area (Å²) in [6.07, 6.45) is 0.968. The Kier molecular flexibility index (Phi) is 10.0. The summed E-state index contributed by atoms with van der Waals surface area (Å²) in [4.78, 5) is 32.5. The summed E-state index contributed by atoms with van der Waals surface area (Å²) in [5.74, 6) is -1.12. The molecule has 8 heteroatoms. The SMILES string of the molecule is CC(C)CCOCCNC(=O)NCC(=O)NCC(=O)O.